The van der Waals surface area contributed by atoms with Crippen molar-refractivity contribution in [3.05, 3.63) is 35.4 Å². The second-order valence-electron chi connectivity index (χ2n) is 5.11. The molecule has 6 heteroatoms. The van der Waals surface area contributed by atoms with Gasteiger partial charge >= 0.3 is 6.18 Å². The largest absolute Gasteiger partial charge is 0.416 e. The third kappa shape index (κ3) is 4.74. The Morgan fingerprint density at radius 2 is 1.86 bits per heavy atom. The quantitative estimate of drug-likeness (QED) is 0.849. The minimum Gasteiger partial charge on any atom is -0.349 e. The van der Waals surface area contributed by atoms with Crippen molar-refractivity contribution in [3.8, 4) is 0 Å². The molecule has 0 unspecified atom stereocenters. The smallest absolute Gasteiger partial charge is 0.349 e. The maximum Gasteiger partial charge on any atom is 0.416 e. The topological polar surface area (TPSA) is 55.1 Å². The van der Waals surface area contributed by atoms with Crippen LogP contribution in [0.3, 0.4) is 0 Å². The number of nitrogens with one attached hydrogen (secondary N) is 1. The monoisotopic (exact) mass is 302 g/mol. The second kappa shape index (κ2) is 6.93. The lowest BCUT2D eigenvalue weighted by Crippen LogP contribution is -2.53. The van der Waals surface area contributed by atoms with Gasteiger partial charge in [-0.05, 0) is 24.5 Å². The van der Waals surface area contributed by atoms with E-state index in [1.807, 2.05) is 13.8 Å². The number of nitrogens with two attached hydrogens (primary N) is 1. The van der Waals surface area contributed by atoms with Gasteiger partial charge in [0.05, 0.1) is 17.5 Å². The number of amides is 1. The summed E-state index contributed by atoms with van der Waals surface area (Å²) in [6.45, 7) is 4.14. The minimum atomic E-state index is -4.40. The van der Waals surface area contributed by atoms with Gasteiger partial charge in [-0.2, -0.15) is 13.2 Å². The summed E-state index contributed by atoms with van der Waals surface area (Å²) >= 11 is 0. The molecule has 3 nitrogen and oxygen atoms in total. The second-order valence-corrected chi connectivity index (χ2v) is 5.11. The lowest BCUT2D eigenvalue weighted by atomic mass is 9.92. The number of carbonyl (C=O) groups excluding carboxylic acids is 1. The standard InChI is InChI=1S/C15H21F3N2O/c1-3-14(4-2,10-19)20-13(21)9-11-6-5-7-12(8-11)15(16,17)18/h5-8H,3-4,9-10,19H2,1-2H3,(H,20,21). The lowest BCUT2D eigenvalue weighted by Gasteiger charge is -2.31. The zero-order valence-electron chi connectivity index (χ0n) is 12.3. The normalized spacial score (nSPS) is 12.3. The fourth-order valence-electron chi connectivity index (χ4n) is 2.15. The van der Waals surface area contributed by atoms with Crippen molar-refractivity contribution in [1.29, 1.82) is 0 Å². The highest BCUT2D eigenvalue weighted by Crippen LogP contribution is 2.29. The molecule has 1 amide bonds. The zero-order chi connectivity index (χ0) is 16.1. The number of hydrogen-bond donors (Lipinski definition) is 2. The number of halogens is 3. The molecule has 0 spiro atoms. The van der Waals surface area contributed by atoms with Crippen LogP contribution in [0.1, 0.15) is 37.8 Å². The summed E-state index contributed by atoms with van der Waals surface area (Å²) in [5.41, 5.74) is 4.79. The molecule has 3 N–H and O–H groups in total. The van der Waals surface area contributed by atoms with Gasteiger partial charge in [-0.15, -0.1) is 0 Å². The summed E-state index contributed by atoms with van der Waals surface area (Å²) in [7, 11) is 0. The van der Waals surface area contributed by atoms with Crippen molar-refractivity contribution in [2.24, 2.45) is 5.73 Å². The molecule has 0 saturated heterocycles. The first-order valence-electron chi connectivity index (χ1n) is 6.93. The van der Waals surface area contributed by atoms with Crippen LogP contribution in [0.25, 0.3) is 0 Å². The molecule has 118 valence electrons. The van der Waals surface area contributed by atoms with E-state index in [0.717, 1.165) is 12.1 Å². The molecule has 0 aliphatic rings. The summed E-state index contributed by atoms with van der Waals surface area (Å²) in [5.74, 6) is -0.316. The molecule has 0 saturated carbocycles. The number of carbonyl (C=O) groups is 1. The number of alkyl halides is 3. The van der Waals surface area contributed by atoms with E-state index < -0.39 is 17.3 Å². The Hall–Kier alpha value is -1.56. The molecule has 1 aromatic carbocycles. The van der Waals surface area contributed by atoms with Crippen LogP contribution in [-0.4, -0.2) is 18.0 Å². The van der Waals surface area contributed by atoms with Crippen LogP contribution in [-0.2, 0) is 17.4 Å². The fourth-order valence-corrected chi connectivity index (χ4v) is 2.15. The van der Waals surface area contributed by atoms with Gasteiger partial charge in [0.25, 0.3) is 0 Å². The summed E-state index contributed by atoms with van der Waals surface area (Å²) in [4.78, 5) is 12.0. The molecular weight excluding hydrogens is 281 g/mol. The SMILES string of the molecule is CCC(CC)(CN)NC(=O)Cc1cccc(C(F)(F)F)c1. The van der Waals surface area contributed by atoms with Gasteiger partial charge in [0.1, 0.15) is 0 Å². The molecule has 0 aromatic heterocycles. The van der Waals surface area contributed by atoms with Gasteiger partial charge in [0.15, 0.2) is 0 Å². The zero-order valence-corrected chi connectivity index (χ0v) is 12.3. The molecule has 1 aromatic rings. The Balaban J connectivity index is 2.80. The van der Waals surface area contributed by atoms with E-state index in [0.29, 0.717) is 24.9 Å². The van der Waals surface area contributed by atoms with Crippen LogP contribution in [0.4, 0.5) is 13.2 Å². The van der Waals surface area contributed by atoms with E-state index >= 15 is 0 Å². The average Bonchev–Trinajstić information content (AvgIpc) is 2.44. The average molecular weight is 302 g/mol. The Kier molecular flexibility index (Phi) is 5.78. The van der Waals surface area contributed by atoms with E-state index in [2.05, 4.69) is 5.32 Å². The molecule has 0 fully saturated rings. The van der Waals surface area contributed by atoms with Crippen molar-refractivity contribution in [3.63, 3.8) is 0 Å². The molecule has 0 heterocycles. The van der Waals surface area contributed by atoms with Crippen molar-refractivity contribution < 1.29 is 18.0 Å². The van der Waals surface area contributed by atoms with Crippen molar-refractivity contribution >= 4 is 5.91 Å². The van der Waals surface area contributed by atoms with Gasteiger partial charge in [0, 0.05) is 6.54 Å². The number of rotatable bonds is 6. The highest BCUT2D eigenvalue weighted by molar-refractivity contribution is 5.79. The van der Waals surface area contributed by atoms with Gasteiger partial charge in [0.2, 0.25) is 5.91 Å². The van der Waals surface area contributed by atoms with Crippen LogP contribution >= 0.6 is 0 Å². The highest BCUT2D eigenvalue weighted by atomic mass is 19.4. The molecule has 0 atom stereocenters. The molecule has 0 radical (unpaired) electrons. The van der Waals surface area contributed by atoms with E-state index in [1.54, 1.807) is 0 Å². The Bertz CT molecular complexity index is 474. The Morgan fingerprint density at radius 3 is 2.33 bits per heavy atom. The maximum absolute atomic E-state index is 12.6. The van der Waals surface area contributed by atoms with E-state index in [4.69, 9.17) is 5.73 Å². The van der Waals surface area contributed by atoms with Crippen LogP contribution in [0.15, 0.2) is 24.3 Å². The third-order valence-electron chi connectivity index (χ3n) is 3.77. The highest BCUT2D eigenvalue weighted by Gasteiger charge is 2.31. The number of benzene rings is 1. The van der Waals surface area contributed by atoms with Gasteiger partial charge < -0.3 is 11.1 Å². The van der Waals surface area contributed by atoms with Crippen molar-refractivity contribution in [2.75, 3.05) is 6.54 Å². The van der Waals surface area contributed by atoms with Crippen LogP contribution < -0.4 is 11.1 Å². The first-order valence-corrected chi connectivity index (χ1v) is 6.93. The molecule has 0 aliphatic carbocycles. The predicted molar refractivity (Wildman–Crippen MR) is 75.7 cm³/mol. The van der Waals surface area contributed by atoms with Gasteiger partial charge in [-0.1, -0.05) is 32.0 Å². The van der Waals surface area contributed by atoms with Crippen molar-refractivity contribution in [1.82, 2.24) is 5.32 Å². The number of hydrogen-bond acceptors (Lipinski definition) is 2. The van der Waals surface area contributed by atoms with Crippen molar-refractivity contribution in [2.45, 2.75) is 44.8 Å². The molecular formula is C15H21F3N2O. The molecule has 21 heavy (non-hydrogen) atoms. The predicted octanol–water partition coefficient (Wildman–Crippen LogP) is 2.88. The van der Waals surface area contributed by atoms with Crippen LogP contribution in [0, 0.1) is 0 Å². The molecule has 1 rings (SSSR count). The van der Waals surface area contributed by atoms with Crippen LogP contribution in [0.5, 0.6) is 0 Å². The lowest BCUT2D eigenvalue weighted by molar-refractivity contribution is -0.137. The summed E-state index contributed by atoms with van der Waals surface area (Å²) in [6.07, 6.45) is -3.14. The first kappa shape index (κ1) is 17.5. The van der Waals surface area contributed by atoms with Crippen LogP contribution in [0.2, 0.25) is 0 Å². The third-order valence-corrected chi connectivity index (χ3v) is 3.77. The van der Waals surface area contributed by atoms with E-state index in [-0.39, 0.29) is 12.3 Å². The van der Waals surface area contributed by atoms with Gasteiger partial charge in [-0.3, -0.25) is 4.79 Å². The summed E-state index contributed by atoms with van der Waals surface area (Å²) in [5, 5.41) is 2.84. The fraction of sp³-hybridized carbons (Fsp3) is 0.533. The van der Waals surface area contributed by atoms with Gasteiger partial charge in [-0.25, -0.2) is 0 Å². The summed E-state index contributed by atoms with van der Waals surface area (Å²) in [6, 6.07) is 4.81. The van der Waals surface area contributed by atoms with E-state index in [9.17, 15) is 18.0 Å². The minimum absolute atomic E-state index is 0.0916. The summed E-state index contributed by atoms with van der Waals surface area (Å²) < 4.78 is 37.9. The Labute approximate surface area is 122 Å². The molecule has 0 aliphatic heterocycles. The van der Waals surface area contributed by atoms with E-state index in [1.165, 1.54) is 12.1 Å². The molecule has 0 bridgehead atoms. The first-order chi connectivity index (χ1) is 9.76. The Morgan fingerprint density at radius 1 is 1.24 bits per heavy atom. The maximum atomic E-state index is 12.6.